The number of rotatable bonds is 4. The number of amides is 1. The van der Waals surface area contributed by atoms with E-state index in [1.165, 1.54) is 11.1 Å². The van der Waals surface area contributed by atoms with Crippen LogP contribution in [0.25, 0.3) is 10.2 Å². The number of hydrogen-bond acceptors (Lipinski definition) is 5. The van der Waals surface area contributed by atoms with Crippen LogP contribution in [0.4, 0.5) is 5.13 Å². The van der Waals surface area contributed by atoms with Crippen molar-refractivity contribution in [2.45, 2.75) is 32.8 Å². The highest BCUT2D eigenvalue weighted by molar-refractivity contribution is 7.22. The van der Waals surface area contributed by atoms with Crippen molar-refractivity contribution in [3.63, 3.8) is 0 Å². The Bertz CT molecular complexity index is 917. The average Bonchev–Trinajstić information content (AvgIpc) is 3.33. The van der Waals surface area contributed by atoms with Crippen molar-refractivity contribution < 1.29 is 9.53 Å². The predicted molar refractivity (Wildman–Crippen MR) is 103 cm³/mol. The molecule has 1 aliphatic rings. The second-order valence-corrected chi connectivity index (χ2v) is 7.84. The van der Waals surface area contributed by atoms with Gasteiger partial charge >= 0.3 is 0 Å². The normalized spacial score (nSPS) is 17.1. The topological polar surface area (TPSA) is 60.3 Å². The van der Waals surface area contributed by atoms with Gasteiger partial charge in [0.15, 0.2) is 10.8 Å². The van der Waals surface area contributed by atoms with E-state index >= 15 is 0 Å². The summed E-state index contributed by atoms with van der Waals surface area (Å²) < 4.78 is 8.50. The Balaban J connectivity index is 1.72. The molecule has 0 saturated carbocycles. The molecule has 3 aromatic rings. The lowest BCUT2D eigenvalue weighted by Gasteiger charge is -2.22. The zero-order valence-corrected chi connectivity index (χ0v) is 16.0. The third-order valence-corrected chi connectivity index (χ3v) is 5.85. The minimum Gasteiger partial charge on any atom is -0.376 e. The summed E-state index contributed by atoms with van der Waals surface area (Å²) in [5, 5.41) is 4.98. The Kier molecular flexibility index (Phi) is 4.50. The molecule has 0 radical (unpaired) electrons. The fraction of sp³-hybridized carbons (Fsp3) is 0.421. The Morgan fingerprint density at radius 2 is 2.19 bits per heavy atom. The van der Waals surface area contributed by atoms with Gasteiger partial charge in [0.2, 0.25) is 0 Å². The molecule has 1 amide bonds. The van der Waals surface area contributed by atoms with Gasteiger partial charge in [-0.15, -0.1) is 0 Å². The first-order valence-electron chi connectivity index (χ1n) is 8.82. The van der Waals surface area contributed by atoms with E-state index in [1.54, 1.807) is 33.2 Å². The zero-order valence-electron chi connectivity index (χ0n) is 15.2. The first kappa shape index (κ1) is 17.2. The van der Waals surface area contributed by atoms with Crippen LogP contribution in [-0.4, -0.2) is 39.9 Å². The number of anilines is 1. The van der Waals surface area contributed by atoms with E-state index in [4.69, 9.17) is 9.72 Å². The van der Waals surface area contributed by atoms with Crippen LogP contribution >= 0.6 is 11.3 Å². The molecule has 4 rings (SSSR count). The van der Waals surface area contributed by atoms with Gasteiger partial charge in [-0.3, -0.25) is 14.4 Å². The summed E-state index contributed by atoms with van der Waals surface area (Å²) in [4.78, 5) is 19.6. The predicted octanol–water partition coefficient (Wildman–Crippen LogP) is 3.47. The number of fused-ring (bicyclic) bond motifs is 1. The van der Waals surface area contributed by atoms with E-state index in [0.717, 1.165) is 29.7 Å². The van der Waals surface area contributed by atoms with Crippen LogP contribution < -0.4 is 4.90 Å². The van der Waals surface area contributed by atoms with Gasteiger partial charge in [-0.25, -0.2) is 4.98 Å². The van der Waals surface area contributed by atoms with Crippen LogP contribution in [0, 0.1) is 13.8 Å². The lowest BCUT2D eigenvalue weighted by atomic mass is 10.1. The van der Waals surface area contributed by atoms with Crippen LogP contribution in [0.5, 0.6) is 0 Å². The molecule has 2 aromatic heterocycles. The molecule has 7 heteroatoms. The SMILES string of the molecule is Cc1cc2nc(N(CC3CCCO3)C(=O)c3ccn(C)n3)sc2cc1C. The summed E-state index contributed by atoms with van der Waals surface area (Å²) in [5.41, 5.74) is 3.79. The van der Waals surface area contributed by atoms with Crippen molar-refractivity contribution in [1.82, 2.24) is 14.8 Å². The number of aryl methyl sites for hydroxylation is 3. The average molecular weight is 370 g/mol. The van der Waals surface area contributed by atoms with Gasteiger partial charge in [0, 0.05) is 19.9 Å². The van der Waals surface area contributed by atoms with Crippen LogP contribution in [0.3, 0.4) is 0 Å². The summed E-state index contributed by atoms with van der Waals surface area (Å²) >= 11 is 1.55. The van der Waals surface area contributed by atoms with E-state index < -0.39 is 0 Å². The summed E-state index contributed by atoms with van der Waals surface area (Å²) in [6, 6.07) is 5.97. The molecule has 0 N–H and O–H groups in total. The van der Waals surface area contributed by atoms with Gasteiger partial charge in [-0.1, -0.05) is 11.3 Å². The number of ether oxygens (including phenoxy) is 1. The number of carbonyl (C=O) groups excluding carboxylic acids is 1. The number of hydrogen-bond donors (Lipinski definition) is 0. The number of nitrogens with zero attached hydrogens (tertiary/aromatic N) is 4. The maximum Gasteiger partial charge on any atom is 0.280 e. The number of thiazole rings is 1. The maximum atomic E-state index is 13.1. The maximum absolute atomic E-state index is 13.1. The first-order chi connectivity index (χ1) is 12.5. The van der Waals surface area contributed by atoms with Gasteiger partial charge < -0.3 is 4.74 Å². The molecule has 136 valence electrons. The molecule has 1 saturated heterocycles. The van der Waals surface area contributed by atoms with Crippen molar-refractivity contribution in [3.8, 4) is 0 Å². The van der Waals surface area contributed by atoms with Crippen molar-refractivity contribution in [1.29, 1.82) is 0 Å². The molecule has 26 heavy (non-hydrogen) atoms. The smallest absolute Gasteiger partial charge is 0.280 e. The van der Waals surface area contributed by atoms with Gasteiger partial charge in [0.05, 0.1) is 22.9 Å². The Hall–Kier alpha value is -2.25. The molecule has 1 aliphatic heterocycles. The minimum absolute atomic E-state index is 0.0538. The Morgan fingerprint density at radius 1 is 1.38 bits per heavy atom. The van der Waals surface area contributed by atoms with E-state index in [-0.39, 0.29) is 12.0 Å². The van der Waals surface area contributed by atoms with Crippen LogP contribution in [-0.2, 0) is 11.8 Å². The fourth-order valence-electron chi connectivity index (χ4n) is 3.19. The number of aromatic nitrogens is 3. The standard InChI is InChI=1S/C19H22N4O2S/c1-12-9-16-17(10-13(12)2)26-19(20-16)23(11-14-5-4-8-25-14)18(24)15-6-7-22(3)21-15/h6-7,9-10,14H,4-5,8,11H2,1-3H3. The summed E-state index contributed by atoms with van der Waals surface area (Å²) in [6.07, 6.45) is 3.84. The van der Waals surface area contributed by atoms with Crippen molar-refractivity contribution in [3.05, 3.63) is 41.2 Å². The molecule has 0 spiro atoms. The van der Waals surface area contributed by atoms with Crippen molar-refractivity contribution in [2.75, 3.05) is 18.1 Å². The third kappa shape index (κ3) is 3.24. The largest absolute Gasteiger partial charge is 0.376 e. The van der Waals surface area contributed by atoms with Crippen LogP contribution in [0.2, 0.25) is 0 Å². The van der Waals surface area contributed by atoms with Crippen LogP contribution in [0.15, 0.2) is 24.4 Å². The third-order valence-electron chi connectivity index (χ3n) is 4.81. The second-order valence-electron chi connectivity index (χ2n) is 6.83. The highest BCUT2D eigenvalue weighted by atomic mass is 32.1. The Morgan fingerprint density at radius 3 is 2.88 bits per heavy atom. The van der Waals surface area contributed by atoms with Crippen LogP contribution in [0.1, 0.15) is 34.5 Å². The van der Waals surface area contributed by atoms with Gasteiger partial charge in [0.25, 0.3) is 5.91 Å². The Labute approximate surface area is 156 Å². The molecule has 1 fully saturated rings. The van der Waals surface area contributed by atoms with E-state index in [0.29, 0.717) is 17.4 Å². The quantitative estimate of drug-likeness (QED) is 0.705. The highest BCUT2D eigenvalue weighted by Crippen LogP contribution is 2.32. The number of carbonyl (C=O) groups is 1. The number of benzene rings is 1. The summed E-state index contributed by atoms with van der Waals surface area (Å²) in [7, 11) is 1.81. The molecule has 0 aliphatic carbocycles. The van der Waals surface area contributed by atoms with Gasteiger partial charge in [-0.2, -0.15) is 5.10 Å². The van der Waals surface area contributed by atoms with Crippen molar-refractivity contribution in [2.24, 2.45) is 7.05 Å². The second kappa shape index (κ2) is 6.81. The van der Waals surface area contributed by atoms with Gasteiger partial charge in [-0.05, 0) is 56.0 Å². The fourth-order valence-corrected chi connectivity index (χ4v) is 4.24. The van der Waals surface area contributed by atoms with Crippen molar-refractivity contribution >= 4 is 32.6 Å². The molecular formula is C19H22N4O2S. The monoisotopic (exact) mass is 370 g/mol. The highest BCUT2D eigenvalue weighted by Gasteiger charge is 2.28. The molecule has 0 bridgehead atoms. The molecule has 1 atom stereocenters. The molecule has 6 nitrogen and oxygen atoms in total. The lowest BCUT2D eigenvalue weighted by molar-refractivity contribution is 0.0913. The molecule has 3 heterocycles. The minimum atomic E-state index is -0.131. The lowest BCUT2D eigenvalue weighted by Crippen LogP contribution is -2.37. The van der Waals surface area contributed by atoms with Gasteiger partial charge in [0.1, 0.15) is 0 Å². The summed E-state index contributed by atoms with van der Waals surface area (Å²) in [5.74, 6) is -0.131. The molecule has 1 aromatic carbocycles. The van der Waals surface area contributed by atoms with E-state index in [2.05, 4.69) is 31.1 Å². The summed E-state index contributed by atoms with van der Waals surface area (Å²) in [6.45, 7) is 5.44. The first-order valence-corrected chi connectivity index (χ1v) is 9.64. The van der Waals surface area contributed by atoms with E-state index in [9.17, 15) is 4.79 Å². The molecular weight excluding hydrogens is 348 g/mol. The van der Waals surface area contributed by atoms with E-state index in [1.807, 2.05) is 7.05 Å². The zero-order chi connectivity index (χ0) is 18.3. The molecule has 1 unspecified atom stereocenters.